The molecule has 1 unspecified atom stereocenters. The van der Waals surface area contributed by atoms with Gasteiger partial charge in [-0.3, -0.25) is 0 Å². The van der Waals surface area contributed by atoms with Crippen molar-refractivity contribution in [3.63, 3.8) is 0 Å². The molecule has 0 aliphatic heterocycles. The van der Waals surface area contributed by atoms with Crippen LogP contribution in [0.1, 0.15) is 37.7 Å². The van der Waals surface area contributed by atoms with Crippen molar-refractivity contribution in [1.82, 2.24) is 14.9 Å². The van der Waals surface area contributed by atoms with Gasteiger partial charge in [0.2, 0.25) is 0 Å². The van der Waals surface area contributed by atoms with Crippen molar-refractivity contribution >= 4 is 23.3 Å². The van der Waals surface area contributed by atoms with Crippen LogP contribution in [0.4, 0.5) is 9.18 Å². The van der Waals surface area contributed by atoms with Gasteiger partial charge in [0.1, 0.15) is 6.29 Å². The second-order valence-electron chi connectivity index (χ2n) is 7.08. The largest absolute Gasteiger partial charge is 0.490 e. The molecule has 0 spiro atoms. The zero-order valence-electron chi connectivity index (χ0n) is 16.8. The topological polar surface area (TPSA) is 87.7 Å². The Balaban J connectivity index is 1.64. The summed E-state index contributed by atoms with van der Waals surface area (Å²) >= 11 is 0. The first-order chi connectivity index (χ1) is 14.0. The Hall–Kier alpha value is -2.00. The number of hydrogen-bond acceptors (Lipinski definition) is 4. The van der Waals surface area contributed by atoms with Crippen molar-refractivity contribution in [2.24, 2.45) is 5.92 Å². The Bertz CT molecular complexity index is 700. The number of urea groups is 1. The van der Waals surface area contributed by atoms with Crippen LogP contribution in [0.2, 0.25) is 0 Å². The van der Waals surface area contributed by atoms with Gasteiger partial charge in [0.05, 0.1) is 24.1 Å². The number of amides is 2. The van der Waals surface area contributed by atoms with Crippen LogP contribution in [-0.4, -0.2) is 53.9 Å². The van der Waals surface area contributed by atoms with E-state index in [1.54, 1.807) is 18.2 Å². The van der Waals surface area contributed by atoms with Crippen LogP contribution >= 0.6 is 0 Å². The van der Waals surface area contributed by atoms with E-state index in [1.165, 1.54) is 11.9 Å². The molecule has 1 aromatic rings. The lowest BCUT2D eigenvalue weighted by atomic mass is 10.2. The van der Waals surface area contributed by atoms with Crippen molar-refractivity contribution in [1.29, 1.82) is 0 Å². The lowest BCUT2D eigenvalue weighted by Crippen LogP contribution is -2.39. The van der Waals surface area contributed by atoms with Crippen LogP contribution in [-0.2, 0) is 22.3 Å². The molecule has 2 amide bonds. The highest BCUT2D eigenvalue weighted by Gasteiger charge is 2.22. The van der Waals surface area contributed by atoms with E-state index in [9.17, 15) is 18.2 Å². The van der Waals surface area contributed by atoms with E-state index in [0.29, 0.717) is 49.5 Å². The second-order valence-corrected chi connectivity index (χ2v) is 8.47. The van der Waals surface area contributed by atoms with E-state index < -0.39 is 16.8 Å². The number of rotatable bonds is 14. The molecule has 1 saturated carbocycles. The third kappa shape index (κ3) is 8.49. The summed E-state index contributed by atoms with van der Waals surface area (Å²) in [6.45, 7) is 1.24. The van der Waals surface area contributed by atoms with Gasteiger partial charge >= 0.3 is 6.03 Å². The number of carbonyl (C=O) groups excluding carboxylic acids is 2. The van der Waals surface area contributed by atoms with E-state index >= 15 is 0 Å². The Labute approximate surface area is 174 Å². The van der Waals surface area contributed by atoms with Crippen molar-refractivity contribution in [2.75, 3.05) is 32.5 Å². The summed E-state index contributed by atoms with van der Waals surface area (Å²) in [6.07, 6.45) is 5.17. The summed E-state index contributed by atoms with van der Waals surface area (Å²) in [5, 5.41) is 2.50. The molecule has 0 radical (unpaired) electrons. The quantitative estimate of drug-likeness (QED) is 0.353. The predicted octanol–water partition coefficient (Wildman–Crippen LogP) is 2.38. The Morgan fingerprint density at radius 2 is 2.14 bits per heavy atom. The van der Waals surface area contributed by atoms with E-state index in [2.05, 4.69) is 10.0 Å². The molecule has 2 rings (SSSR count). The van der Waals surface area contributed by atoms with Crippen molar-refractivity contribution in [3.05, 3.63) is 29.6 Å². The highest BCUT2D eigenvalue weighted by molar-refractivity contribution is 7.82. The third-order valence-corrected chi connectivity index (χ3v) is 5.82. The van der Waals surface area contributed by atoms with Crippen LogP contribution in [0.15, 0.2) is 18.2 Å². The minimum absolute atomic E-state index is 0.0577. The zero-order valence-corrected chi connectivity index (χ0v) is 17.6. The SMILES string of the molecule is CNC(=O)N(CC=O)CCCCCS(=O)NCc1cccc(OCC2CC2)c1F. The number of ether oxygens (including phenoxy) is 1. The first kappa shape index (κ1) is 23.3. The third-order valence-electron chi connectivity index (χ3n) is 4.69. The van der Waals surface area contributed by atoms with Gasteiger partial charge in [-0.25, -0.2) is 18.1 Å². The first-order valence-electron chi connectivity index (χ1n) is 9.97. The average molecular weight is 428 g/mol. The molecule has 1 aliphatic rings. The number of nitrogens with one attached hydrogen (secondary N) is 2. The van der Waals surface area contributed by atoms with Gasteiger partial charge in [0.15, 0.2) is 11.6 Å². The summed E-state index contributed by atoms with van der Waals surface area (Å²) in [5.41, 5.74) is 0.432. The zero-order chi connectivity index (χ0) is 21.1. The Kier molecular flexibility index (Phi) is 10.1. The molecule has 1 aliphatic carbocycles. The van der Waals surface area contributed by atoms with Crippen molar-refractivity contribution in [3.8, 4) is 5.75 Å². The van der Waals surface area contributed by atoms with Crippen LogP contribution in [0.3, 0.4) is 0 Å². The standard InChI is InChI=1S/C20H30FN3O4S/c1-22-20(26)24(11-12-25)10-3-2-4-13-29(27)23-14-17-6-5-7-18(19(17)21)28-15-16-8-9-16/h5-7,12,16,23H,2-4,8-11,13-15H2,1H3,(H,22,26). The van der Waals surface area contributed by atoms with Crippen LogP contribution < -0.4 is 14.8 Å². The number of nitrogens with zero attached hydrogens (tertiary/aromatic N) is 1. The molecule has 0 saturated heterocycles. The average Bonchev–Trinajstić information content (AvgIpc) is 3.55. The fraction of sp³-hybridized carbons (Fsp3) is 0.600. The Morgan fingerprint density at radius 1 is 1.34 bits per heavy atom. The van der Waals surface area contributed by atoms with Gasteiger partial charge < -0.3 is 19.7 Å². The summed E-state index contributed by atoms with van der Waals surface area (Å²) < 4.78 is 34.9. The monoisotopic (exact) mass is 427 g/mol. The molecule has 1 aromatic carbocycles. The summed E-state index contributed by atoms with van der Waals surface area (Å²) in [5.74, 6) is 0.832. The number of unbranched alkanes of at least 4 members (excludes halogenated alkanes) is 2. The second kappa shape index (κ2) is 12.5. The number of carbonyl (C=O) groups is 2. The predicted molar refractivity (Wildman–Crippen MR) is 110 cm³/mol. The first-order valence-corrected chi connectivity index (χ1v) is 11.3. The maximum absolute atomic E-state index is 14.5. The molecular formula is C20H30FN3O4S. The smallest absolute Gasteiger partial charge is 0.317 e. The van der Waals surface area contributed by atoms with Crippen molar-refractivity contribution < 1.29 is 22.9 Å². The molecular weight excluding hydrogens is 397 g/mol. The fourth-order valence-electron chi connectivity index (χ4n) is 2.76. The van der Waals surface area contributed by atoms with E-state index in [0.717, 1.165) is 19.3 Å². The summed E-state index contributed by atoms with van der Waals surface area (Å²) in [6, 6.07) is 4.73. The molecule has 9 heteroatoms. The maximum Gasteiger partial charge on any atom is 0.317 e. The maximum atomic E-state index is 14.5. The van der Waals surface area contributed by atoms with E-state index in [1.807, 2.05) is 0 Å². The number of halogens is 1. The highest BCUT2D eigenvalue weighted by Crippen LogP contribution is 2.30. The summed E-state index contributed by atoms with van der Waals surface area (Å²) in [7, 11) is 0.250. The number of benzene rings is 1. The van der Waals surface area contributed by atoms with Gasteiger partial charge in [-0.1, -0.05) is 18.6 Å². The lowest BCUT2D eigenvalue weighted by Gasteiger charge is -2.19. The minimum atomic E-state index is -1.27. The molecule has 29 heavy (non-hydrogen) atoms. The van der Waals surface area contributed by atoms with Gasteiger partial charge in [0.25, 0.3) is 0 Å². The molecule has 2 N–H and O–H groups in total. The molecule has 7 nitrogen and oxygen atoms in total. The summed E-state index contributed by atoms with van der Waals surface area (Å²) in [4.78, 5) is 23.6. The van der Waals surface area contributed by atoms with Crippen LogP contribution in [0.5, 0.6) is 5.75 Å². The molecule has 0 aromatic heterocycles. The molecule has 0 bridgehead atoms. The number of hydrogen-bond donors (Lipinski definition) is 2. The van der Waals surface area contributed by atoms with Crippen LogP contribution in [0, 0.1) is 11.7 Å². The Morgan fingerprint density at radius 3 is 2.83 bits per heavy atom. The molecule has 0 heterocycles. The van der Waals surface area contributed by atoms with E-state index in [-0.39, 0.29) is 24.9 Å². The van der Waals surface area contributed by atoms with Gasteiger partial charge in [-0.2, -0.15) is 0 Å². The van der Waals surface area contributed by atoms with Crippen LogP contribution in [0.25, 0.3) is 0 Å². The molecule has 1 atom stereocenters. The lowest BCUT2D eigenvalue weighted by molar-refractivity contribution is -0.108. The van der Waals surface area contributed by atoms with Gasteiger partial charge in [0, 0.05) is 31.5 Å². The fourth-order valence-corrected chi connectivity index (χ4v) is 3.69. The molecule has 1 fully saturated rings. The normalized spacial score (nSPS) is 14.3. The number of aldehydes is 1. The van der Waals surface area contributed by atoms with E-state index in [4.69, 9.17) is 4.74 Å². The van der Waals surface area contributed by atoms with Gasteiger partial charge in [-0.15, -0.1) is 0 Å². The highest BCUT2D eigenvalue weighted by atomic mass is 32.2. The minimum Gasteiger partial charge on any atom is -0.490 e. The van der Waals surface area contributed by atoms with Crippen molar-refractivity contribution in [2.45, 2.75) is 38.6 Å². The van der Waals surface area contributed by atoms with Gasteiger partial charge in [-0.05, 0) is 37.7 Å². The molecule has 162 valence electrons.